The zero-order valence-corrected chi connectivity index (χ0v) is 14.2. The van der Waals surface area contributed by atoms with Crippen LogP contribution in [0.5, 0.6) is 0 Å². The number of rotatable bonds is 8. The molecule has 1 rings (SSSR count). The first-order valence-corrected chi connectivity index (χ1v) is 7.93. The Bertz CT molecular complexity index is 491. The average Bonchev–Trinajstić information content (AvgIpc) is 2.46. The molecule has 2 atom stereocenters. The molecule has 0 aliphatic rings. The lowest BCUT2D eigenvalue weighted by Crippen LogP contribution is -3.09. The Kier molecular flexibility index (Phi) is 7.91. The Hall–Kier alpha value is -1.59. The molecule has 0 saturated heterocycles. The third kappa shape index (κ3) is 6.91. The summed E-state index contributed by atoms with van der Waals surface area (Å²) in [7, 11) is 1.94. The number of nitrogens with one attached hydrogen (secondary N) is 3. The van der Waals surface area contributed by atoms with Crippen LogP contribution in [0.1, 0.15) is 25.8 Å². The Morgan fingerprint density at radius 1 is 1.27 bits per heavy atom. The standard InChI is InChI=1S/C16H24ClN3O2/c1-4-9-18-16(22)12(2)19-15(21)11-20(3)10-13-5-7-14(17)8-6-13/h5-8,12H,4,9-11H2,1-3H3,(H,18,22)(H,19,21)/p+1/t12-/m1/s1. The maximum Gasteiger partial charge on any atom is 0.275 e. The van der Waals surface area contributed by atoms with Crippen LogP contribution in [0.4, 0.5) is 0 Å². The predicted octanol–water partition coefficient (Wildman–Crippen LogP) is 0.386. The van der Waals surface area contributed by atoms with E-state index in [1.165, 1.54) is 0 Å². The van der Waals surface area contributed by atoms with Gasteiger partial charge >= 0.3 is 0 Å². The quantitative estimate of drug-likeness (QED) is 0.647. The fourth-order valence-electron chi connectivity index (χ4n) is 2.05. The first kappa shape index (κ1) is 18.5. The Balaban J connectivity index is 2.37. The minimum absolute atomic E-state index is 0.134. The van der Waals surface area contributed by atoms with Gasteiger partial charge in [0.2, 0.25) is 5.91 Å². The molecule has 0 spiro atoms. The first-order valence-electron chi connectivity index (χ1n) is 7.55. The van der Waals surface area contributed by atoms with Crippen molar-refractivity contribution in [3.8, 4) is 0 Å². The van der Waals surface area contributed by atoms with E-state index >= 15 is 0 Å². The van der Waals surface area contributed by atoms with Crippen molar-refractivity contribution in [2.24, 2.45) is 0 Å². The molecule has 0 saturated carbocycles. The number of hydrogen-bond acceptors (Lipinski definition) is 2. The van der Waals surface area contributed by atoms with Gasteiger partial charge in [0.1, 0.15) is 12.6 Å². The molecule has 1 aromatic rings. The van der Waals surface area contributed by atoms with E-state index in [1.807, 2.05) is 38.2 Å². The highest BCUT2D eigenvalue weighted by atomic mass is 35.5. The van der Waals surface area contributed by atoms with Gasteiger partial charge in [-0.05, 0) is 25.5 Å². The van der Waals surface area contributed by atoms with Gasteiger partial charge in [-0.2, -0.15) is 0 Å². The summed E-state index contributed by atoms with van der Waals surface area (Å²) in [6.45, 7) is 5.34. The average molecular weight is 327 g/mol. The second-order valence-electron chi connectivity index (χ2n) is 5.52. The molecule has 1 aromatic carbocycles. The summed E-state index contributed by atoms with van der Waals surface area (Å²) in [4.78, 5) is 24.7. The minimum Gasteiger partial charge on any atom is -0.354 e. The highest BCUT2D eigenvalue weighted by molar-refractivity contribution is 6.30. The molecule has 0 heterocycles. The summed E-state index contributed by atoms with van der Waals surface area (Å²) in [6.07, 6.45) is 0.875. The lowest BCUT2D eigenvalue weighted by molar-refractivity contribution is -0.885. The lowest BCUT2D eigenvalue weighted by Gasteiger charge is -2.17. The molecule has 3 N–H and O–H groups in total. The van der Waals surface area contributed by atoms with Crippen LogP contribution in [-0.4, -0.2) is 38.0 Å². The molecule has 0 aliphatic carbocycles. The van der Waals surface area contributed by atoms with E-state index < -0.39 is 6.04 Å². The van der Waals surface area contributed by atoms with Crippen molar-refractivity contribution in [3.05, 3.63) is 34.9 Å². The molecule has 0 radical (unpaired) electrons. The number of quaternary nitrogens is 1. The van der Waals surface area contributed by atoms with Crippen LogP contribution in [0.3, 0.4) is 0 Å². The highest BCUT2D eigenvalue weighted by Gasteiger charge is 2.17. The van der Waals surface area contributed by atoms with E-state index in [-0.39, 0.29) is 11.8 Å². The number of halogens is 1. The summed E-state index contributed by atoms with van der Waals surface area (Å²) in [5.74, 6) is -0.281. The zero-order chi connectivity index (χ0) is 16.5. The van der Waals surface area contributed by atoms with E-state index in [2.05, 4.69) is 10.6 Å². The third-order valence-electron chi connectivity index (χ3n) is 3.20. The Labute approximate surface area is 137 Å². The molecular formula is C16H25ClN3O2+. The fourth-order valence-corrected chi connectivity index (χ4v) is 2.17. The van der Waals surface area contributed by atoms with E-state index in [4.69, 9.17) is 11.6 Å². The van der Waals surface area contributed by atoms with Gasteiger partial charge in [-0.15, -0.1) is 0 Å². The van der Waals surface area contributed by atoms with E-state index in [9.17, 15) is 9.59 Å². The zero-order valence-electron chi connectivity index (χ0n) is 13.4. The molecule has 0 fully saturated rings. The number of carbonyl (C=O) groups is 2. The molecule has 5 nitrogen and oxygen atoms in total. The fraction of sp³-hybridized carbons (Fsp3) is 0.500. The van der Waals surface area contributed by atoms with Crippen LogP contribution in [0, 0.1) is 0 Å². The molecule has 122 valence electrons. The van der Waals surface area contributed by atoms with Gasteiger partial charge in [0, 0.05) is 17.1 Å². The summed E-state index contributed by atoms with van der Waals surface area (Å²) >= 11 is 5.85. The van der Waals surface area contributed by atoms with Crippen molar-refractivity contribution in [2.75, 3.05) is 20.1 Å². The van der Waals surface area contributed by atoms with Gasteiger partial charge in [-0.1, -0.05) is 30.7 Å². The smallest absolute Gasteiger partial charge is 0.275 e. The molecular weight excluding hydrogens is 302 g/mol. The van der Waals surface area contributed by atoms with Crippen LogP contribution in [0.15, 0.2) is 24.3 Å². The van der Waals surface area contributed by atoms with E-state index in [1.54, 1.807) is 6.92 Å². The molecule has 6 heteroatoms. The number of hydrogen-bond donors (Lipinski definition) is 3. The number of carbonyl (C=O) groups excluding carboxylic acids is 2. The highest BCUT2D eigenvalue weighted by Crippen LogP contribution is 2.08. The number of likely N-dealkylation sites (N-methyl/N-ethyl adjacent to an activating group) is 1. The van der Waals surface area contributed by atoms with Crippen LogP contribution >= 0.6 is 11.6 Å². The summed E-state index contributed by atoms with van der Waals surface area (Å²) in [6, 6.07) is 7.06. The van der Waals surface area contributed by atoms with Crippen LogP contribution in [0.2, 0.25) is 5.02 Å². The van der Waals surface area contributed by atoms with Gasteiger partial charge < -0.3 is 15.5 Å². The maximum atomic E-state index is 12.0. The van der Waals surface area contributed by atoms with Crippen LogP contribution < -0.4 is 15.5 Å². The SMILES string of the molecule is CCCNC(=O)[C@@H](C)NC(=O)C[NH+](C)Cc1ccc(Cl)cc1. The van der Waals surface area contributed by atoms with Crippen molar-refractivity contribution in [1.29, 1.82) is 0 Å². The van der Waals surface area contributed by atoms with Gasteiger partial charge in [0.15, 0.2) is 6.54 Å². The van der Waals surface area contributed by atoms with Gasteiger partial charge in [0.25, 0.3) is 5.91 Å². The van der Waals surface area contributed by atoms with Crippen molar-refractivity contribution in [1.82, 2.24) is 10.6 Å². The van der Waals surface area contributed by atoms with Crippen molar-refractivity contribution >= 4 is 23.4 Å². The third-order valence-corrected chi connectivity index (χ3v) is 3.45. The minimum atomic E-state index is -0.512. The van der Waals surface area contributed by atoms with Crippen LogP contribution in [0.25, 0.3) is 0 Å². The Morgan fingerprint density at radius 2 is 1.91 bits per heavy atom. The van der Waals surface area contributed by atoms with Gasteiger partial charge in [0.05, 0.1) is 7.05 Å². The summed E-state index contributed by atoms with van der Waals surface area (Å²) in [5, 5.41) is 6.18. The molecule has 0 bridgehead atoms. The Morgan fingerprint density at radius 3 is 2.50 bits per heavy atom. The van der Waals surface area contributed by atoms with Crippen molar-refractivity contribution in [2.45, 2.75) is 32.9 Å². The molecule has 0 aliphatic heterocycles. The number of benzene rings is 1. The van der Waals surface area contributed by atoms with E-state index in [0.29, 0.717) is 18.1 Å². The van der Waals surface area contributed by atoms with Gasteiger partial charge in [-0.3, -0.25) is 9.59 Å². The summed E-state index contributed by atoms with van der Waals surface area (Å²) < 4.78 is 0. The summed E-state index contributed by atoms with van der Waals surface area (Å²) in [5.41, 5.74) is 1.11. The molecule has 2 amide bonds. The largest absolute Gasteiger partial charge is 0.354 e. The first-order chi connectivity index (χ1) is 10.4. The van der Waals surface area contributed by atoms with Crippen molar-refractivity contribution in [3.63, 3.8) is 0 Å². The molecule has 1 unspecified atom stereocenters. The monoisotopic (exact) mass is 326 g/mol. The maximum absolute atomic E-state index is 12.0. The second-order valence-corrected chi connectivity index (χ2v) is 5.95. The van der Waals surface area contributed by atoms with Gasteiger partial charge in [-0.25, -0.2) is 0 Å². The van der Waals surface area contributed by atoms with E-state index in [0.717, 1.165) is 23.4 Å². The molecule has 22 heavy (non-hydrogen) atoms. The predicted molar refractivity (Wildman–Crippen MR) is 87.8 cm³/mol. The normalized spacial score (nSPS) is 13.3. The lowest BCUT2D eigenvalue weighted by atomic mass is 10.2. The number of amides is 2. The topological polar surface area (TPSA) is 62.6 Å². The van der Waals surface area contributed by atoms with Crippen LogP contribution in [-0.2, 0) is 16.1 Å². The second kappa shape index (κ2) is 9.43. The van der Waals surface area contributed by atoms with Crippen molar-refractivity contribution < 1.29 is 14.5 Å². The molecule has 0 aromatic heterocycles.